The minimum absolute atomic E-state index is 0.00458. The van der Waals surface area contributed by atoms with Gasteiger partial charge in [0, 0.05) is 10.2 Å². The molecule has 4 atom stereocenters. The van der Waals surface area contributed by atoms with Crippen molar-refractivity contribution < 1.29 is 10.2 Å². The van der Waals surface area contributed by atoms with Crippen molar-refractivity contribution in [3.63, 3.8) is 0 Å². The Morgan fingerprint density at radius 1 is 1.08 bits per heavy atom. The Labute approximate surface area is 106 Å². The van der Waals surface area contributed by atoms with Gasteiger partial charge in [0.25, 0.3) is 0 Å². The lowest BCUT2D eigenvalue weighted by Gasteiger charge is -2.23. The number of hydrogen-bond donors (Lipinski definition) is 2. The van der Waals surface area contributed by atoms with E-state index < -0.39 is 6.10 Å². The summed E-state index contributed by atoms with van der Waals surface area (Å²) >= 11 is 13.2. The highest BCUT2D eigenvalue weighted by molar-refractivity contribution is 9.13. The molecule has 0 aromatic carbocycles. The molecule has 0 aromatic rings. The number of rotatable bonds is 5. The lowest BCUT2D eigenvalue weighted by molar-refractivity contribution is 0.194. The third-order valence-corrected chi connectivity index (χ3v) is 6.68. The van der Waals surface area contributed by atoms with E-state index in [1.165, 1.54) is 0 Å². The fourth-order valence-corrected chi connectivity index (χ4v) is 3.32. The van der Waals surface area contributed by atoms with E-state index in [-0.39, 0.29) is 21.1 Å². The van der Waals surface area contributed by atoms with Crippen LogP contribution in [0, 0.1) is 0 Å². The molecule has 4 unspecified atom stereocenters. The highest BCUT2D eigenvalue weighted by Crippen LogP contribution is 2.25. The molecule has 0 aromatic heterocycles. The maximum atomic E-state index is 9.42. The fraction of sp³-hybridized carbons (Fsp3) is 1.00. The molecule has 0 spiro atoms. The van der Waals surface area contributed by atoms with Crippen LogP contribution in [0.25, 0.3) is 0 Å². The van der Waals surface area contributed by atoms with Crippen LogP contribution in [0.4, 0.5) is 0 Å². The Bertz CT molecular complexity index is 110. The second-order valence-electron chi connectivity index (χ2n) is 2.31. The van der Waals surface area contributed by atoms with Gasteiger partial charge in [-0.3, -0.25) is 0 Å². The summed E-state index contributed by atoms with van der Waals surface area (Å²) in [5, 5.41) is 18.7. The minimum atomic E-state index is -0.471. The van der Waals surface area contributed by atoms with Gasteiger partial charge >= 0.3 is 0 Å². The maximum absolute atomic E-state index is 9.42. The SMILES string of the molecule is OCC(Br)C(Br)C(Br)C(O)CBr. The first-order valence-electron chi connectivity index (χ1n) is 3.31. The first kappa shape index (κ1) is 13.8. The van der Waals surface area contributed by atoms with Crippen LogP contribution in [0.2, 0.25) is 0 Å². The molecule has 74 valence electrons. The number of halogens is 4. The quantitative estimate of drug-likeness (QED) is 0.651. The molecule has 0 heterocycles. The van der Waals surface area contributed by atoms with Gasteiger partial charge in [0.1, 0.15) is 0 Å². The van der Waals surface area contributed by atoms with Crippen molar-refractivity contribution in [3.05, 3.63) is 0 Å². The Morgan fingerprint density at radius 3 is 1.92 bits per heavy atom. The third kappa shape index (κ3) is 4.37. The van der Waals surface area contributed by atoms with Crippen molar-refractivity contribution in [2.75, 3.05) is 11.9 Å². The van der Waals surface area contributed by atoms with E-state index in [1.807, 2.05) is 0 Å². The molecule has 0 rings (SSSR count). The average Bonchev–Trinajstić information content (AvgIpc) is 2.12. The summed E-state index contributed by atoms with van der Waals surface area (Å²) in [5.41, 5.74) is 0. The Morgan fingerprint density at radius 2 is 1.58 bits per heavy atom. The van der Waals surface area contributed by atoms with E-state index in [0.717, 1.165) is 0 Å². The summed E-state index contributed by atoms with van der Waals surface area (Å²) in [6.07, 6.45) is -0.471. The van der Waals surface area contributed by atoms with Gasteiger partial charge in [-0.05, 0) is 0 Å². The van der Waals surface area contributed by atoms with E-state index in [4.69, 9.17) is 5.11 Å². The van der Waals surface area contributed by atoms with Gasteiger partial charge in [0.2, 0.25) is 0 Å². The molecule has 0 aliphatic rings. The van der Waals surface area contributed by atoms with Gasteiger partial charge in [-0.2, -0.15) is 0 Å². The fourth-order valence-electron chi connectivity index (χ4n) is 0.598. The van der Waals surface area contributed by atoms with Crippen LogP contribution in [-0.2, 0) is 0 Å². The third-order valence-electron chi connectivity index (χ3n) is 1.35. The molecular weight excluding hydrogens is 424 g/mol. The summed E-state index contributed by atoms with van der Waals surface area (Å²) in [6, 6.07) is 0. The Balaban J connectivity index is 3.99. The normalized spacial score (nSPS) is 21.5. The first-order valence-corrected chi connectivity index (χ1v) is 7.18. The van der Waals surface area contributed by atoms with Crippen molar-refractivity contribution in [1.29, 1.82) is 0 Å². The lowest BCUT2D eigenvalue weighted by Crippen LogP contribution is -2.36. The molecule has 0 fully saturated rings. The summed E-state index contributed by atoms with van der Waals surface area (Å²) in [4.78, 5) is -0.154. The van der Waals surface area contributed by atoms with Gasteiger partial charge < -0.3 is 10.2 Å². The van der Waals surface area contributed by atoms with E-state index in [2.05, 4.69) is 63.7 Å². The average molecular weight is 434 g/mol. The van der Waals surface area contributed by atoms with Gasteiger partial charge in [-0.1, -0.05) is 63.7 Å². The van der Waals surface area contributed by atoms with Crippen LogP contribution in [0.15, 0.2) is 0 Å². The molecular formula is C6H10Br4O2. The molecule has 0 saturated heterocycles. The van der Waals surface area contributed by atoms with Crippen LogP contribution < -0.4 is 0 Å². The predicted octanol–water partition coefficient (Wildman–Crippen LogP) is 2.02. The van der Waals surface area contributed by atoms with E-state index in [0.29, 0.717) is 5.33 Å². The zero-order valence-electron chi connectivity index (χ0n) is 6.13. The second kappa shape index (κ2) is 7.17. The van der Waals surface area contributed by atoms with Crippen LogP contribution in [0.5, 0.6) is 0 Å². The first-order chi connectivity index (χ1) is 5.54. The zero-order chi connectivity index (χ0) is 9.72. The van der Waals surface area contributed by atoms with Crippen LogP contribution in [0.1, 0.15) is 0 Å². The summed E-state index contributed by atoms with van der Waals surface area (Å²) in [7, 11) is 0. The van der Waals surface area contributed by atoms with Crippen LogP contribution >= 0.6 is 63.7 Å². The lowest BCUT2D eigenvalue weighted by atomic mass is 10.2. The van der Waals surface area contributed by atoms with Crippen molar-refractivity contribution in [2.24, 2.45) is 0 Å². The number of aliphatic hydroxyl groups is 2. The largest absolute Gasteiger partial charge is 0.395 e. The van der Waals surface area contributed by atoms with Crippen LogP contribution in [-0.4, -0.2) is 42.7 Å². The topological polar surface area (TPSA) is 40.5 Å². The molecule has 0 amide bonds. The monoisotopic (exact) mass is 430 g/mol. The minimum Gasteiger partial charge on any atom is -0.395 e. The molecule has 2 N–H and O–H groups in total. The van der Waals surface area contributed by atoms with Crippen molar-refractivity contribution >= 4 is 63.7 Å². The van der Waals surface area contributed by atoms with Gasteiger partial charge in [-0.25, -0.2) is 0 Å². The van der Waals surface area contributed by atoms with Gasteiger partial charge in [-0.15, -0.1) is 0 Å². The molecule has 0 radical (unpaired) electrons. The van der Waals surface area contributed by atoms with Gasteiger partial charge in [0.15, 0.2) is 0 Å². The highest BCUT2D eigenvalue weighted by atomic mass is 79.9. The molecule has 0 aliphatic carbocycles. The molecule has 0 bridgehead atoms. The number of alkyl halides is 4. The number of hydrogen-bond acceptors (Lipinski definition) is 2. The summed E-state index contributed by atoms with van der Waals surface area (Å²) in [6.45, 7) is 0.0347. The van der Waals surface area contributed by atoms with Gasteiger partial charge in [0.05, 0.1) is 22.4 Å². The van der Waals surface area contributed by atoms with Crippen LogP contribution in [0.3, 0.4) is 0 Å². The zero-order valence-corrected chi connectivity index (χ0v) is 12.5. The second-order valence-corrected chi connectivity index (χ2v) is 6.25. The van der Waals surface area contributed by atoms with Crippen molar-refractivity contribution in [2.45, 2.75) is 20.6 Å². The van der Waals surface area contributed by atoms with Crippen molar-refractivity contribution in [1.82, 2.24) is 0 Å². The highest BCUT2D eigenvalue weighted by Gasteiger charge is 2.28. The Hall–Kier alpha value is 1.84. The number of aliphatic hydroxyl groups excluding tert-OH is 2. The molecule has 0 saturated carbocycles. The van der Waals surface area contributed by atoms with E-state index in [1.54, 1.807) is 0 Å². The predicted molar refractivity (Wildman–Crippen MR) is 65.0 cm³/mol. The van der Waals surface area contributed by atoms with E-state index >= 15 is 0 Å². The maximum Gasteiger partial charge on any atom is 0.0773 e. The summed E-state index contributed by atoms with van der Waals surface area (Å²) in [5.74, 6) is 0. The summed E-state index contributed by atoms with van der Waals surface area (Å²) < 4.78 is 0. The molecule has 2 nitrogen and oxygen atoms in total. The molecule has 12 heavy (non-hydrogen) atoms. The molecule has 6 heteroatoms. The van der Waals surface area contributed by atoms with E-state index in [9.17, 15) is 5.11 Å². The molecule has 0 aliphatic heterocycles. The smallest absolute Gasteiger partial charge is 0.0773 e. The van der Waals surface area contributed by atoms with Crippen molar-refractivity contribution in [3.8, 4) is 0 Å². The Kier molecular flexibility index (Phi) is 8.27. The standard InChI is InChI=1S/C6H10Br4O2/c7-1-4(12)6(10)5(9)3(8)2-11/h3-6,11-12H,1-2H2.